The molecule has 0 unspecified atom stereocenters. The molecule has 1 saturated heterocycles. The maximum absolute atomic E-state index is 12.5. The quantitative estimate of drug-likeness (QED) is 0.679. The number of aryl methyl sites for hydroxylation is 1. The third kappa shape index (κ3) is 7.34. The van der Waals surface area contributed by atoms with Gasteiger partial charge in [-0.15, -0.1) is 12.4 Å². The number of rotatable bonds is 8. The molecule has 1 fully saturated rings. The molecule has 2 amide bonds. The van der Waals surface area contributed by atoms with E-state index in [1.54, 1.807) is 0 Å². The van der Waals surface area contributed by atoms with Crippen molar-refractivity contribution in [1.29, 1.82) is 0 Å². The molecular weight excluding hydrogens is 350 g/mol. The molecule has 0 spiro atoms. The molecule has 0 bridgehead atoms. The van der Waals surface area contributed by atoms with Crippen LogP contribution in [-0.4, -0.2) is 42.4 Å². The van der Waals surface area contributed by atoms with Crippen LogP contribution >= 0.6 is 12.4 Å². The van der Waals surface area contributed by atoms with Gasteiger partial charge in [0.2, 0.25) is 5.91 Å². The Balaban J connectivity index is 0.00000338. The Morgan fingerprint density at radius 3 is 2.31 bits per heavy atom. The highest BCUT2D eigenvalue weighted by atomic mass is 35.5. The molecule has 1 aromatic carbocycles. The van der Waals surface area contributed by atoms with E-state index in [9.17, 15) is 9.59 Å². The van der Waals surface area contributed by atoms with Gasteiger partial charge in [0.25, 0.3) is 5.91 Å². The number of hydrogen-bond acceptors (Lipinski definition) is 3. The molecule has 0 aromatic heterocycles. The van der Waals surface area contributed by atoms with Crippen molar-refractivity contribution >= 4 is 24.2 Å². The van der Waals surface area contributed by atoms with Crippen molar-refractivity contribution in [3.05, 3.63) is 35.4 Å². The van der Waals surface area contributed by atoms with Gasteiger partial charge in [0, 0.05) is 31.1 Å². The van der Waals surface area contributed by atoms with Gasteiger partial charge >= 0.3 is 0 Å². The smallest absolute Gasteiger partial charge is 0.253 e. The number of carbonyl (C=O) groups is 2. The molecule has 1 heterocycles. The number of halogens is 1. The molecule has 0 aliphatic carbocycles. The number of nitrogens with zero attached hydrogens (tertiary/aromatic N) is 1. The first-order valence-corrected chi connectivity index (χ1v) is 9.45. The topological polar surface area (TPSA) is 75.4 Å². The van der Waals surface area contributed by atoms with Crippen LogP contribution in [0, 0.1) is 6.92 Å². The zero-order chi connectivity index (χ0) is 18.1. The molecule has 1 aromatic rings. The van der Waals surface area contributed by atoms with Crippen LogP contribution in [0.2, 0.25) is 0 Å². The lowest BCUT2D eigenvalue weighted by atomic mass is 10.0. The molecule has 1 aliphatic heterocycles. The van der Waals surface area contributed by atoms with Gasteiger partial charge in [-0.3, -0.25) is 9.59 Å². The number of nitrogens with two attached hydrogens (primary N) is 1. The number of likely N-dealkylation sites (tertiary alicyclic amines) is 1. The highest BCUT2D eigenvalue weighted by Crippen LogP contribution is 2.15. The SMILES string of the molecule is Cc1ccc(C(=O)N2CCC(NC(=O)CCCCCCN)CC2)cc1.Cl. The van der Waals surface area contributed by atoms with Crippen LogP contribution in [0.1, 0.15) is 60.9 Å². The summed E-state index contributed by atoms with van der Waals surface area (Å²) < 4.78 is 0. The maximum Gasteiger partial charge on any atom is 0.253 e. The Morgan fingerprint density at radius 2 is 1.69 bits per heavy atom. The number of unbranched alkanes of at least 4 members (excludes halogenated alkanes) is 3. The lowest BCUT2D eigenvalue weighted by Gasteiger charge is -2.32. The molecule has 146 valence electrons. The van der Waals surface area contributed by atoms with Crippen molar-refractivity contribution in [3.8, 4) is 0 Å². The van der Waals surface area contributed by atoms with Gasteiger partial charge in [0.15, 0.2) is 0 Å². The first-order chi connectivity index (χ1) is 12.1. The van der Waals surface area contributed by atoms with E-state index in [1.165, 1.54) is 0 Å². The van der Waals surface area contributed by atoms with E-state index in [2.05, 4.69) is 5.32 Å². The van der Waals surface area contributed by atoms with Crippen molar-refractivity contribution in [3.63, 3.8) is 0 Å². The number of benzene rings is 1. The summed E-state index contributed by atoms with van der Waals surface area (Å²) >= 11 is 0. The third-order valence-electron chi connectivity index (χ3n) is 4.80. The van der Waals surface area contributed by atoms with Crippen LogP contribution in [0.25, 0.3) is 0 Å². The molecule has 0 saturated carbocycles. The standard InChI is InChI=1S/C20H31N3O2.ClH/c1-16-7-9-17(10-8-16)20(25)23-14-11-18(12-15-23)22-19(24)6-4-2-3-5-13-21;/h7-10,18H,2-6,11-15,21H2,1H3,(H,22,24);1H. The van der Waals surface area contributed by atoms with Crippen molar-refractivity contribution in [2.45, 2.75) is 57.9 Å². The number of amides is 2. The largest absolute Gasteiger partial charge is 0.353 e. The second-order valence-corrected chi connectivity index (χ2v) is 6.95. The average Bonchev–Trinajstić information content (AvgIpc) is 2.62. The maximum atomic E-state index is 12.5. The van der Waals surface area contributed by atoms with Crippen molar-refractivity contribution in [1.82, 2.24) is 10.2 Å². The van der Waals surface area contributed by atoms with Gasteiger partial charge in [-0.05, 0) is 51.3 Å². The fourth-order valence-corrected chi connectivity index (χ4v) is 3.19. The van der Waals surface area contributed by atoms with Crippen LogP contribution in [0.4, 0.5) is 0 Å². The Morgan fingerprint density at radius 1 is 1.08 bits per heavy atom. The van der Waals surface area contributed by atoms with E-state index < -0.39 is 0 Å². The fraction of sp³-hybridized carbons (Fsp3) is 0.600. The molecule has 5 nitrogen and oxygen atoms in total. The molecule has 6 heteroatoms. The van der Waals surface area contributed by atoms with Crippen LogP contribution in [0.15, 0.2) is 24.3 Å². The molecule has 0 radical (unpaired) electrons. The number of nitrogens with one attached hydrogen (secondary N) is 1. The molecule has 1 aliphatic rings. The fourth-order valence-electron chi connectivity index (χ4n) is 3.19. The molecular formula is C20H32ClN3O2. The molecule has 2 rings (SSSR count). The number of piperidine rings is 1. The molecule has 26 heavy (non-hydrogen) atoms. The normalized spacial score (nSPS) is 14.6. The lowest BCUT2D eigenvalue weighted by Crippen LogP contribution is -2.46. The van der Waals surface area contributed by atoms with Gasteiger partial charge in [-0.1, -0.05) is 30.5 Å². The number of hydrogen-bond donors (Lipinski definition) is 2. The third-order valence-corrected chi connectivity index (χ3v) is 4.80. The number of carbonyl (C=O) groups excluding carboxylic acids is 2. The van der Waals surface area contributed by atoms with Gasteiger partial charge < -0.3 is 16.0 Å². The zero-order valence-corrected chi connectivity index (χ0v) is 16.5. The minimum absolute atomic E-state index is 0. The molecule has 3 N–H and O–H groups in total. The highest BCUT2D eigenvalue weighted by molar-refractivity contribution is 5.94. The summed E-state index contributed by atoms with van der Waals surface area (Å²) in [5.41, 5.74) is 7.36. The molecule has 0 atom stereocenters. The highest BCUT2D eigenvalue weighted by Gasteiger charge is 2.24. The summed E-state index contributed by atoms with van der Waals surface area (Å²) in [6.07, 6.45) is 6.38. The Bertz CT molecular complexity index is 555. The van der Waals surface area contributed by atoms with E-state index in [4.69, 9.17) is 5.73 Å². The first kappa shape index (κ1) is 22.5. The van der Waals surface area contributed by atoms with E-state index in [0.29, 0.717) is 19.5 Å². The Hall–Kier alpha value is -1.59. The zero-order valence-electron chi connectivity index (χ0n) is 15.7. The van der Waals surface area contributed by atoms with Gasteiger partial charge in [0.05, 0.1) is 0 Å². The van der Waals surface area contributed by atoms with E-state index in [1.807, 2.05) is 36.1 Å². The summed E-state index contributed by atoms with van der Waals surface area (Å²) in [7, 11) is 0. The summed E-state index contributed by atoms with van der Waals surface area (Å²) in [4.78, 5) is 26.4. The second-order valence-electron chi connectivity index (χ2n) is 6.95. The Labute approximate surface area is 163 Å². The average molecular weight is 382 g/mol. The van der Waals surface area contributed by atoms with E-state index in [-0.39, 0.29) is 30.3 Å². The van der Waals surface area contributed by atoms with E-state index in [0.717, 1.165) is 56.2 Å². The summed E-state index contributed by atoms with van der Waals surface area (Å²) in [5.74, 6) is 0.223. The summed E-state index contributed by atoms with van der Waals surface area (Å²) in [6, 6.07) is 7.90. The van der Waals surface area contributed by atoms with Crippen LogP contribution in [0.3, 0.4) is 0 Å². The lowest BCUT2D eigenvalue weighted by molar-refractivity contribution is -0.122. The van der Waals surface area contributed by atoms with Gasteiger partial charge in [-0.2, -0.15) is 0 Å². The summed E-state index contributed by atoms with van der Waals surface area (Å²) in [5, 5.41) is 3.11. The van der Waals surface area contributed by atoms with Gasteiger partial charge in [-0.25, -0.2) is 0 Å². The predicted octanol–water partition coefficient (Wildman–Crippen LogP) is 3.05. The van der Waals surface area contributed by atoms with Crippen molar-refractivity contribution in [2.24, 2.45) is 5.73 Å². The van der Waals surface area contributed by atoms with E-state index >= 15 is 0 Å². The second kappa shape index (κ2) is 11.9. The van der Waals surface area contributed by atoms with Crippen LogP contribution < -0.4 is 11.1 Å². The first-order valence-electron chi connectivity index (χ1n) is 9.45. The monoisotopic (exact) mass is 381 g/mol. The van der Waals surface area contributed by atoms with Crippen LogP contribution in [0.5, 0.6) is 0 Å². The van der Waals surface area contributed by atoms with Crippen molar-refractivity contribution in [2.75, 3.05) is 19.6 Å². The Kier molecular flexibility index (Phi) is 10.3. The minimum atomic E-state index is 0. The van der Waals surface area contributed by atoms with Crippen molar-refractivity contribution < 1.29 is 9.59 Å². The summed E-state index contributed by atoms with van der Waals surface area (Å²) in [6.45, 7) is 4.15. The van der Waals surface area contributed by atoms with Crippen LogP contribution in [-0.2, 0) is 4.79 Å². The van der Waals surface area contributed by atoms with Gasteiger partial charge in [0.1, 0.15) is 0 Å². The predicted molar refractivity (Wildman–Crippen MR) is 108 cm³/mol. The minimum Gasteiger partial charge on any atom is -0.353 e.